The highest BCUT2D eigenvalue weighted by atomic mass is 19.4. The molecule has 0 saturated carbocycles. The molecule has 2 aromatic carbocycles. The second kappa shape index (κ2) is 7.69. The smallest absolute Gasteiger partial charge is 0.416 e. The van der Waals surface area contributed by atoms with E-state index < -0.39 is 11.7 Å². The second-order valence-electron chi connectivity index (χ2n) is 6.82. The van der Waals surface area contributed by atoms with Crippen molar-refractivity contribution in [3.8, 4) is 11.5 Å². The second-order valence-corrected chi connectivity index (χ2v) is 6.82. The van der Waals surface area contributed by atoms with E-state index in [1.54, 1.807) is 18.3 Å². The molecule has 1 unspecified atom stereocenters. The molecule has 0 radical (unpaired) electrons. The van der Waals surface area contributed by atoms with E-state index in [0.29, 0.717) is 11.5 Å². The molecule has 0 aliphatic carbocycles. The third kappa shape index (κ3) is 3.87. The average Bonchev–Trinajstić information content (AvgIpc) is 3.20. The highest BCUT2D eigenvalue weighted by Crippen LogP contribution is 2.39. The standard InChI is InChI=1S/C21H20F3N3O2/c1-28-19-10-13(15-8-9-25-20-16(15)11-26-27-20)6-7-18(19)29-12-14-4-2-3-5-17(14)21(22,23)24/h2-7,10-11,15H,8-9,12H2,1H3,(H2,25,26,27). The first-order valence-electron chi connectivity index (χ1n) is 9.20. The summed E-state index contributed by atoms with van der Waals surface area (Å²) in [5.74, 6) is 1.94. The summed E-state index contributed by atoms with van der Waals surface area (Å²) in [6, 6.07) is 10.9. The van der Waals surface area contributed by atoms with Crippen LogP contribution in [0.15, 0.2) is 48.7 Å². The first kappa shape index (κ1) is 19.2. The van der Waals surface area contributed by atoms with E-state index in [9.17, 15) is 13.2 Å². The predicted molar refractivity (Wildman–Crippen MR) is 102 cm³/mol. The normalized spacial score (nSPS) is 16.1. The lowest BCUT2D eigenvalue weighted by Crippen LogP contribution is -2.16. The van der Waals surface area contributed by atoms with Gasteiger partial charge in [-0.25, -0.2) is 0 Å². The summed E-state index contributed by atoms with van der Waals surface area (Å²) >= 11 is 0. The van der Waals surface area contributed by atoms with Gasteiger partial charge in [0.25, 0.3) is 0 Å². The van der Waals surface area contributed by atoms with E-state index in [0.717, 1.165) is 36.0 Å². The van der Waals surface area contributed by atoms with Gasteiger partial charge in [0.2, 0.25) is 0 Å². The summed E-state index contributed by atoms with van der Waals surface area (Å²) in [5.41, 5.74) is 1.49. The zero-order valence-corrected chi connectivity index (χ0v) is 15.7. The number of hydrogen-bond acceptors (Lipinski definition) is 4. The Labute approximate surface area is 165 Å². The van der Waals surface area contributed by atoms with Crippen molar-refractivity contribution in [2.75, 3.05) is 19.0 Å². The van der Waals surface area contributed by atoms with Gasteiger partial charge in [-0.05, 0) is 30.2 Å². The van der Waals surface area contributed by atoms with E-state index in [1.807, 2.05) is 12.1 Å². The van der Waals surface area contributed by atoms with Gasteiger partial charge < -0.3 is 14.8 Å². The Kier molecular flexibility index (Phi) is 5.08. The van der Waals surface area contributed by atoms with Crippen molar-refractivity contribution in [1.82, 2.24) is 10.2 Å². The molecule has 29 heavy (non-hydrogen) atoms. The molecular formula is C21H20F3N3O2. The van der Waals surface area contributed by atoms with Crippen LogP contribution in [0.2, 0.25) is 0 Å². The van der Waals surface area contributed by atoms with Gasteiger partial charge in [-0.2, -0.15) is 18.3 Å². The Morgan fingerprint density at radius 3 is 2.76 bits per heavy atom. The van der Waals surface area contributed by atoms with Gasteiger partial charge in [-0.1, -0.05) is 24.3 Å². The van der Waals surface area contributed by atoms with E-state index in [4.69, 9.17) is 9.47 Å². The van der Waals surface area contributed by atoms with Gasteiger partial charge in [0, 0.05) is 23.6 Å². The Hall–Kier alpha value is -3.16. The van der Waals surface area contributed by atoms with Gasteiger partial charge >= 0.3 is 6.18 Å². The Balaban J connectivity index is 1.57. The molecule has 0 spiro atoms. The minimum absolute atomic E-state index is 0.0764. The molecule has 152 valence electrons. The maximum absolute atomic E-state index is 13.2. The van der Waals surface area contributed by atoms with Crippen LogP contribution in [0.3, 0.4) is 0 Å². The first-order valence-corrected chi connectivity index (χ1v) is 9.20. The van der Waals surface area contributed by atoms with E-state index in [-0.39, 0.29) is 18.1 Å². The average molecular weight is 403 g/mol. The van der Waals surface area contributed by atoms with Gasteiger partial charge in [-0.15, -0.1) is 0 Å². The van der Waals surface area contributed by atoms with Gasteiger partial charge in [0.05, 0.1) is 18.9 Å². The topological polar surface area (TPSA) is 59.2 Å². The molecule has 3 aromatic rings. The maximum atomic E-state index is 13.2. The van der Waals surface area contributed by atoms with Crippen LogP contribution in [0.25, 0.3) is 0 Å². The summed E-state index contributed by atoms with van der Waals surface area (Å²) in [6.45, 7) is 0.610. The Morgan fingerprint density at radius 1 is 1.14 bits per heavy atom. The van der Waals surface area contributed by atoms with Crippen LogP contribution in [-0.2, 0) is 12.8 Å². The molecule has 5 nitrogen and oxygen atoms in total. The number of anilines is 1. The minimum Gasteiger partial charge on any atom is -0.493 e. The van der Waals surface area contributed by atoms with Crippen LogP contribution < -0.4 is 14.8 Å². The summed E-state index contributed by atoms with van der Waals surface area (Å²) in [5, 5.41) is 10.3. The number of halogens is 3. The lowest BCUT2D eigenvalue weighted by Gasteiger charge is -2.24. The van der Waals surface area contributed by atoms with E-state index in [1.165, 1.54) is 19.2 Å². The Morgan fingerprint density at radius 2 is 1.97 bits per heavy atom. The van der Waals surface area contributed by atoms with Crippen molar-refractivity contribution in [1.29, 1.82) is 0 Å². The van der Waals surface area contributed by atoms with Crippen LogP contribution in [0, 0.1) is 0 Å². The summed E-state index contributed by atoms with van der Waals surface area (Å²) < 4.78 is 50.7. The van der Waals surface area contributed by atoms with Crippen molar-refractivity contribution < 1.29 is 22.6 Å². The van der Waals surface area contributed by atoms with Gasteiger partial charge in [0.15, 0.2) is 11.5 Å². The van der Waals surface area contributed by atoms with E-state index >= 15 is 0 Å². The third-order valence-corrected chi connectivity index (χ3v) is 5.07. The number of ether oxygens (including phenoxy) is 2. The predicted octanol–water partition coefficient (Wildman–Crippen LogP) is 4.96. The summed E-state index contributed by atoms with van der Waals surface area (Å²) in [6.07, 6.45) is -1.73. The molecule has 0 saturated heterocycles. The van der Waals surface area contributed by atoms with Crippen molar-refractivity contribution in [2.24, 2.45) is 0 Å². The highest BCUT2D eigenvalue weighted by molar-refractivity contribution is 5.53. The van der Waals surface area contributed by atoms with Crippen LogP contribution in [0.4, 0.5) is 19.0 Å². The van der Waals surface area contributed by atoms with Crippen molar-refractivity contribution in [3.63, 3.8) is 0 Å². The molecule has 1 atom stereocenters. The molecule has 1 aliphatic rings. The number of aromatic amines is 1. The number of alkyl halides is 3. The van der Waals surface area contributed by atoms with Crippen LogP contribution in [0.1, 0.15) is 34.6 Å². The molecule has 8 heteroatoms. The Bertz CT molecular complexity index is 1000. The first-order chi connectivity index (χ1) is 14.0. The zero-order valence-electron chi connectivity index (χ0n) is 15.7. The van der Waals surface area contributed by atoms with Crippen molar-refractivity contribution in [3.05, 3.63) is 70.9 Å². The molecule has 0 bridgehead atoms. The number of aromatic nitrogens is 2. The number of methoxy groups -OCH3 is 1. The number of hydrogen-bond donors (Lipinski definition) is 2. The fourth-order valence-corrected chi connectivity index (χ4v) is 3.64. The number of nitrogens with one attached hydrogen (secondary N) is 2. The highest BCUT2D eigenvalue weighted by Gasteiger charge is 2.33. The third-order valence-electron chi connectivity index (χ3n) is 5.07. The summed E-state index contributed by atoms with van der Waals surface area (Å²) in [7, 11) is 1.52. The zero-order chi connectivity index (χ0) is 20.4. The van der Waals surface area contributed by atoms with Crippen LogP contribution in [-0.4, -0.2) is 23.9 Å². The van der Waals surface area contributed by atoms with Crippen LogP contribution >= 0.6 is 0 Å². The van der Waals surface area contributed by atoms with Crippen molar-refractivity contribution >= 4 is 5.82 Å². The SMILES string of the molecule is COc1cc(C2CCNc3[nH]ncc32)ccc1OCc1ccccc1C(F)(F)F. The molecular weight excluding hydrogens is 383 g/mol. The molecule has 0 amide bonds. The molecule has 2 N–H and O–H groups in total. The van der Waals surface area contributed by atoms with Gasteiger partial charge in [-0.3, -0.25) is 5.10 Å². The maximum Gasteiger partial charge on any atom is 0.416 e. The molecule has 1 aliphatic heterocycles. The lowest BCUT2D eigenvalue weighted by molar-refractivity contribution is -0.138. The monoisotopic (exact) mass is 403 g/mol. The molecule has 0 fully saturated rings. The minimum atomic E-state index is -4.43. The number of benzene rings is 2. The number of H-pyrrole nitrogens is 1. The largest absolute Gasteiger partial charge is 0.493 e. The molecule has 2 heterocycles. The number of fused-ring (bicyclic) bond motifs is 1. The number of nitrogens with zero attached hydrogens (tertiary/aromatic N) is 1. The molecule has 1 aromatic heterocycles. The van der Waals surface area contributed by atoms with Gasteiger partial charge in [0.1, 0.15) is 12.4 Å². The van der Waals surface area contributed by atoms with Crippen LogP contribution in [0.5, 0.6) is 11.5 Å². The number of rotatable bonds is 5. The summed E-state index contributed by atoms with van der Waals surface area (Å²) in [4.78, 5) is 0. The lowest BCUT2D eigenvalue weighted by atomic mass is 9.87. The quantitative estimate of drug-likeness (QED) is 0.632. The molecule has 4 rings (SSSR count). The fraction of sp³-hybridized carbons (Fsp3) is 0.286. The fourth-order valence-electron chi connectivity index (χ4n) is 3.64. The van der Waals surface area contributed by atoms with Crippen molar-refractivity contribution in [2.45, 2.75) is 25.1 Å². The van der Waals surface area contributed by atoms with E-state index in [2.05, 4.69) is 15.5 Å².